The number of fused-ring (bicyclic) bond motifs is 1. The summed E-state index contributed by atoms with van der Waals surface area (Å²) in [6, 6.07) is 5.34. The minimum atomic E-state index is -0.130. The Hall–Kier alpha value is -0.910. The second-order valence-electron chi connectivity index (χ2n) is 3.64. The fourth-order valence-corrected chi connectivity index (χ4v) is 2.22. The topological polar surface area (TPSA) is 60.9 Å². The van der Waals surface area contributed by atoms with Crippen molar-refractivity contribution in [3.05, 3.63) is 38.3 Å². The molecule has 0 amide bonds. The molecule has 4 nitrogen and oxygen atoms in total. The Morgan fingerprint density at radius 1 is 1.47 bits per heavy atom. The molecule has 0 saturated heterocycles. The molecule has 0 fully saturated rings. The van der Waals surface area contributed by atoms with Gasteiger partial charge in [0.15, 0.2) is 0 Å². The van der Waals surface area contributed by atoms with Crippen LogP contribution in [-0.4, -0.2) is 16.1 Å². The molecule has 0 spiro atoms. The second kappa shape index (κ2) is 5.16. The molecule has 17 heavy (non-hydrogen) atoms. The molecule has 0 saturated carbocycles. The van der Waals surface area contributed by atoms with E-state index in [9.17, 15) is 4.79 Å². The Morgan fingerprint density at radius 2 is 2.24 bits per heavy atom. The van der Waals surface area contributed by atoms with Crippen LogP contribution in [0.25, 0.3) is 10.9 Å². The van der Waals surface area contributed by atoms with E-state index in [4.69, 9.17) is 17.3 Å². The summed E-state index contributed by atoms with van der Waals surface area (Å²) in [6.45, 7) is 1.00. The van der Waals surface area contributed by atoms with Crippen LogP contribution in [0.1, 0.15) is 6.42 Å². The third-order valence-corrected chi connectivity index (χ3v) is 3.24. The van der Waals surface area contributed by atoms with Crippen molar-refractivity contribution in [2.24, 2.45) is 5.73 Å². The first kappa shape index (κ1) is 12.5. The molecule has 0 atom stereocenters. The maximum Gasteiger partial charge on any atom is 0.262 e. The number of rotatable bonds is 3. The van der Waals surface area contributed by atoms with Crippen molar-refractivity contribution < 1.29 is 0 Å². The normalized spacial score (nSPS) is 11.0. The smallest absolute Gasteiger partial charge is 0.262 e. The highest BCUT2D eigenvalue weighted by Crippen LogP contribution is 2.17. The van der Waals surface area contributed by atoms with E-state index >= 15 is 0 Å². The highest BCUT2D eigenvalue weighted by molar-refractivity contribution is 9.10. The molecule has 0 aliphatic heterocycles. The molecule has 0 aliphatic rings. The lowest BCUT2D eigenvalue weighted by Gasteiger charge is -2.08. The van der Waals surface area contributed by atoms with E-state index in [0.717, 1.165) is 4.47 Å². The standard InChI is InChI=1S/C11H11BrClN3O/c12-7-2-3-9-8(6-7)10(17)16(5-1-4-14)11(13)15-9/h2-3,6H,1,4-5,14H2. The van der Waals surface area contributed by atoms with E-state index in [2.05, 4.69) is 20.9 Å². The van der Waals surface area contributed by atoms with Crippen LogP contribution in [0.15, 0.2) is 27.5 Å². The molecular weight excluding hydrogens is 305 g/mol. The number of aromatic nitrogens is 2. The molecule has 2 aromatic rings. The van der Waals surface area contributed by atoms with E-state index in [-0.39, 0.29) is 10.8 Å². The monoisotopic (exact) mass is 315 g/mol. The second-order valence-corrected chi connectivity index (χ2v) is 4.90. The summed E-state index contributed by atoms with van der Waals surface area (Å²) in [4.78, 5) is 16.4. The fourth-order valence-electron chi connectivity index (χ4n) is 1.61. The molecule has 0 radical (unpaired) electrons. The van der Waals surface area contributed by atoms with Crippen molar-refractivity contribution in [3.63, 3.8) is 0 Å². The average molecular weight is 317 g/mol. The van der Waals surface area contributed by atoms with Gasteiger partial charge in [-0.3, -0.25) is 9.36 Å². The first-order valence-electron chi connectivity index (χ1n) is 5.19. The Morgan fingerprint density at radius 3 is 2.94 bits per heavy atom. The summed E-state index contributed by atoms with van der Waals surface area (Å²) in [6.07, 6.45) is 0.695. The van der Waals surface area contributed by atoms with Gasteiger partial charge in [0.2, 0.25) is 5.28 Å². The number of benzene rings is 1. The van der Waals surface area contributed by atoms with Gasteiger partial charge in [0.1, 0.15) is 0 Å². The van der Waals surface area contributed by atoms with Crippen LogP contribution in [0, 0.1) is 0 Å². The van der Waals surface area contributed by atoms with Crippen molar-refractivity contribution >= 4 is 38.4 Å². The van der Waals surface area contributed by atoms with Crippen LogP contribution in [0.4, 0.5) is 0 Å². The Bertz CT molecular complexity index is 611. The fraction of sp³-hybridized carbons (Fsp3) is 0.273. The third kappa shape index (κ3) is 2.51. The highest BCUT2D eigenvalue weighted by atomic mass is 79.9. The number of hydrogen-bond donors (Lipinski definition) is 1. The first-order chi connectivity index (χ1) is 8.13. The van der Waals surface area contributed by atoms with Gasteiger partial charge >= 0.3 is 0 Å². The summed E-state index contributed by atoms with van der Waals surface area (Å²) in [5, 5.41) is 0.763. The van der Waals surface area contributed by atoms with Gasteiger partial charge in [-0.1, -0.05) is 15.9 Å². The number of nitrogens with zero attached hydrogens (tertiary/aromatic N) is 2. The number of nitrogens with two attached hydrogens (primary N) is 1. The van der Waals surface area contributed by atoms with Gasteiger partial charge in [0, 0.05) is 11.0 Å². The number of hydrogen-bond acceptors (Lipinski definition) is 3. The summed E-state index contributed by atoms with van der Waals surface area (Å²) < 4.78 is 2.29. The van der Waals surface area contributed by atoms with Gasteiger partial charge in [-0.05, 0) is 42.8 Å². The SMILES string of the molecule is NCCCn1c(Cl)nc2ccc(Br)cc2c1=O. The van der Waals surface area contributed by atoms with E-state index in [1.54, 1.807) is 12.1 Å². The quantitative estimate of drug-likeness (QED) is 0.883. The molecule has 2 rings (SSSR count). The zero-order valence-electron chi connectivity index (χ0n) is 8.99. The molecular formula is C11H11BrClN3O. The van der Waals surface area contributed by atoms with E-state index < -0.39 is 0 Å². The summed E-state index contributed by atoms with van der Waals surface area (Å²) in [5.41, 5.74) is 5.90. The van der Waals surface area contributed by atoms with E-state index in [1.165, 1.54) is 4.57 Å². The van der Waals surface area contributed by atoms with Crippen LogP contribution in [0.2, 0.25) is 5.28 Å². The summed E-state index contributed by atoms with van der Waals surface area (Å²) in [7, 11) is 0. The Kier molecular flexibility index (Phi) is 3.81. The van der Waals surface area contributed by atoms with Crippen LogP contribution in [-0.2, 0) is 6.54 Å². The van der Waals surface area contributed by atoms with Gasteiger partial charge in [0.25, 0.3) is 5.56 Å². The lowest BCUT2D eigenvalue weighted by atomic mass is 10.2. The molecule has 1 heterocycles. The van der Waals surface area contributed by atoms with Crippen LogP contribution < -0.4 is 11.3 Å². The highest BCUT2D eigenvalue weighted by Gasteiger charge is 2.09. The van der Waals surface area contributed by atoms with Crippen molar-refractivity contribution in [1.82, 2.24) is 9.55 Å². The Balaban J connectivity index is 2.65. The molecule has 1 aromatic heterocycles. The average Bonchev–Trinajstić information content (AvgIpc) is 2.30. The summed E-state index contributed by atoms with van der Waals surface area (Å²) >= 11 is 9.32. The molecule has 2 N–H and O–H groups in total. The maximum absolute atomic E-state index is 12.2. The molecule has 1 aromatic carbocycles. The number of halogens is 2. The first-order valence-corrected chi connectivity index (χ1v) is 6.36. The molecule has 0 aliphatic carbocycles. The van der Waals surface area contributed by atoms with Gasteiger partial charge in [0.05, 0.1) is 10.9 Å². The lowest BCUT2D eigenvalue weighted by Crippen LogP contribution is -2.23. The van der Waals surface area contributed by atoms with E-state index in [1.807, 2.05) is 6.07 Å². The molecule has 6 heteroatoms. The molecule has 0 unspecified atom stereocenters. The zero-order valence-corrected chi connectivity index (χ0v) is 11.3. The summed E-state index contributed by atoms with van der Waals surface area (Å²) in [5.74, 6) is 0. The van der Waals surface area contributed by atoms with Crippen LogP contribution in [0.5, 0.6) is 0 Å². The predicted molar refractivity (Wildman–Crippen MR) is 72.4 cm³/mol. The van der Waals surface area contributed by atoms with Crippen molar-refractivity contribution in [2.75, 3.05) is 6.54 Å². The van der Waals surface area contributed by atoms with Gasteiger partial charge < -0.3 is 5.73 Å². The Labute approximate surface area is 112 Å². The maximum atomic E-state index is 12.2. The third-order valence-electron chi connectivity index (χ3n) is 2.46. The van der Waals surface area contributed by atoms with Gasteiger partial charge in [-0.25, -0.2) is 4.98 Å². The minimum Gasteiger partial charge on any atom is -0.330 e. The zero-order chi connectivity index (χ0) is 12.4. The largest absolute Gasteiger partial charge is 0.330 e. The van der Waals surface area contributed by atoms with E-state index in [0.29, 0.717) is 30.4 Å². The van der Waals surface area contributed by atoms with Crippen LogP contribution in [0.3, 0.4) is 0 Å². The lowest BCUT2D eigenvalue weighted by molar-refractivity contribution is 0.625. The minimum absolute atomic E-state index is 0.130. The van der Waals surface area contributed by atoms with Crippen LogP contribution >= 0.6 is 27.5 Å². The predicted octanol–water partition coefficient (Wildman–Crippen LogP) is 2.16. The van der Waals surface area contributed by atoms with Gasteiger partial charge in [-0.15, -0.1) is 0 Å². The van der Waals surface area contributed by atoms with Crippen molar-refractivity contribution in [3.8, 4) is 0 Å². The molecule has 0 bridgehead atoms. The van der Waals surface area contributed by atoms with Crippen molar-refractivity contribution in [1.29, 1.82) is 0 Å². The van der Waals surface area contributed by atoms with Crippen molar-refractivity contribution in [2.45, 2.75) is 13.0 Å². The van der Waals surface area contributed by atoms with Gasteiger partial charge in [-0.2, -0.15) is 0 Å². The molecule has 90 valence electrons.